The van der Waals surface area contributed by atoms with Gasteiger partial charge < -0.3 is 10.1 Å². The molecule has 7 heteroatoms. The van der Waals surface area contributed by atoms with E-state index in [2.05, 4.69) is 10.1 Å². The standard InChI is InChI=1S/C14H11N2O5/c1-21-14(18)13-12(8-17)11(5-6-15-13)9-3-2-4-10(7-9)16(19)20/h2-7,11,15H,1H3. The van der Waals surface area contributed by atoms with Crippen LogP contribution in [-0.4, -0.2) is 24.3 Å². The second kappa shape index (κ2) is 6.00. The zero-order valence-electron chi connectivity index (χ0n) is 11.0. The number of ether oxygens (including phenoxy) is 1. The average Bonchev–Trinajstić information content (AvgIpc) is 2.53. The van der Waals surface area contributed by atoms with Gasteiger partial charge in [-0.15, -0.1) is 0 Å². The predicted octanol–water partition coefficient (Wildman–Crippen LogP) is 1.33. The van der Waals surface area contributed by atoms with Crippen LogP contribution >= 0.6 is 0 Å². The van der Waals surface area contributed by atoms with Gasteiger partial charge in [-0.05, 0) is 11.8 Å². The second-order valence-electron chi connectivity index (χ2n) is 4.22. The van der Waals surface area contributed by atoms with Crippen LogP contribution in [0.5, 0.6) is 0 Å². The van der Waals surface area contributed by atoms with Crippen molar-refractivity contribution in [2.45, 2.75) is 5.92 Å². The van der Waals surface area contributed by atoms with Gasteiger partial charge in [0.15, 0.2) is 0 Å². The third-order valence-corrected chi connectivity index (χ3v) is 3.04. The monoisotopic (exact) mass is 287 g/mol. The van der Waals surface area contributed by atoms with E-state index >= 15 is 0 Å². The fourth-order valence-electron chi connectivity index (χ4n) is 2.05. The lowest BCUT2D eigenvalue weighted by molar-refractivity contribution is -0.384. The zero-order chi connectivity index (χ0) is 15.4. The number of hydrogen-bond donors (Lipinski definition) is 1. The molecule has 0 saturated carbocycles. The van der Waals surface area contributed by atoms with Crippen LogP contribution in [-0.2, 0) is 14.3 Å². The first kappa shape index (κ1) is 14.4. The van der Waals surface area contributed by atoms with Crippen LogP contribution in [0.4, 0.5) is 5.69 Å². The molecule has 0 bridgehead atoms. The Balaban J connectivity index is 2.49. The highest BCUT2D eigenvalue weighted by atomic mass is 16.6. The van der Waals surface area contributed by atoms with Crippen LogP contribution in [0.2, 0.25) is 0 Å². The number of dihydropyridines is 1. The molecule has 21 heavy (non-hydrogen) atoms. The van der Waals surface area contributed by atoms with Gasteiger partial charge in [0, 0.05) is 23.6 Å². The van der Waals surface area contributed by atoms with Crippen LogP contribution in [0.15, 0.2) is 47.8 Å². The smallest absolute Gasteiger partial charge is 0.354 e. The summed E-state index contributed by atoms with van der Waals surface area (Å²) in [5.74, 6) is -1.30. The number of rotatable bonds is 4. The molecule has 0 spiro atoms. The Kier molecular flexibility index (Phi) is 4.13. The van der Waals surface area contributed by atoms with E-state index in [1.807, 2.05) is 0 Å². The summed E-state index contributed by atoms with van der Waals surface area (Å²) in [5.41, 5.74) is 0.447. The molecule has 7 nitrogen and oxygen atoms in total. The minimum Gasteiger partial charge on any atom is -0.464 e. The summed E-state index contributed by atoms with van der Waals surface area (Å²) >= 11 is 0. The lowest BCUT2D eigenvalue weighted by atomic mass is 9.88. The van der Waals surface area contributed by atoms with Crippen molar-refractivity contribution in [3.05, 3.63) is 63.5 Å². The van der Waals surface area contributed by atoms with E-state index in [0.717, 1.165) is 0 Å². The number of benzene rings is 1. The van der Waals surface area contributed by atoms with E-state index in [1.54, 1.807) is 18.4 Å². The predicted molar refractivity (Wildman–Crippen MR) is 72.8 cm³/mol. The minimum absolute atomic E-state index is 0.0218. The first-order valence-electron chi connectivity index (χ1n) is 5.96. The third kappa shape index (κ3) is 2.81. The van der Waals surface area contributed by atoms with Gasteiger partial charge in [0.2, 0.25) is 6.29 Å². The Labute approximate surface area is 120 Å². The Morgan fingerprint density at radius 1 is 1.48 bits per heavy atom. The highest BCUT2D eigenvalue weighted by Gasteiger charge is 2.26. The van der Waals surface area contributed by atoms with Crippen molar-refractivity contribution in [1.82, 2.24) is 5.32 Å². The van der Waals surface area contributed by atoms with E-state index in [1.165, 1.54) is 31.5 Å². The summed E-state index contributed by atoms with van der Waals surface area (Å²) in [5, 5.41) is 13.5. The van der Waals surface area contributed by atoms with Crippen LogP contribution in [0, 0.1) is 10.1 Å². The molecule has 0 amide bonds. The number of nitrogens with one attached hydrogen (secondary N) is 1. The van der Waals surface area contributed by atoms with E-state index < -0.39 is 16.8 Å². The minimum atomic E-state index is -0.701. The summed E-state index contributed by atoms with van der Waals surface area (Å²) in [6, 6.07) is 5.86. The molecule has 0 fully saturated rings. The zero-order valence-corrected chi connectivity index (χ0v) is 11.0. The molecule has 2 rings (SSSR count). The van der Waals surface area contributed by atoms with Crippen molar-refractivity contribution in [3.8, 4) is 0 Å². The molecule has 1 radical (unpaired) electrons. The number of methoxy groups -OCH3 is 1. The molecule has 1 unspecified atom stereocenters. The Morgan fingerprint density at radius 3 is 2.86 bits per heavy atom. The molecule has 1 heterocycles. The molecule has 1 aliphatic heterocycles. The number of allylic oxidation sites excluding steroid dienone is 2. The molecule has 1 aromatic carbocycles. The van der Waals surface area contributed by atoms with Gasteiger partial charge >= 0.3 is 5.97 Å². The molecule has 1 N–H and O–H groups in total. The fourth-order valence-corrected chi connectivity index (χ4v) is 2.05. The Bertz CT molecular complexity index is 663. The van der Waals surface area contributed by atoms with E-state index in [0.29, 0.717) is 5.56 Å². The lowest BCUT2D eigenvalue weighted by Crippen LogP contribution is -2.25. The molecule has 1 aromatic rings. The third-order valence-electron chi connectivity index (χ3n) is 3.04. The first-order chi connectivity index (χ1) is 10.1. The van der Waals surface area contributed by atoms with E-state index in [-0.39, 0.29) is 17.0 Å². The number of carbonyl (C=O) groups is 1. The summed E-state index contributed by atoms with van der Waals surface area (Å²) in [6.07, 6.45) is 4.81. The second-order valence-corrected chi connectivity index (χ2v) is 4.22. The quantitative estimate of drug-likeness (QED) is 0.509. The SMILES string of the molecule is COC(=O)C1=C([C]=O)C(c2cccc([N+](=O)[O-])c2)C=CN1. The maximum atomic E-state index is 11.6. The van der Waals surface area contributed by atoms with Crippen LogP contribution < -0.4 is 5.32 Å². The topological polar surface area (TPSA) is 98.5 Å². The molecule has 0 aromatic heterocycles. The number of esters is 1. The van der Waals surface area contributed by atoms with Crippen LogP contribution in [0.1, 0.15) is 11.5 Å². The molecular weight excluding hydrogens is 276 g/mol. The van der Waals surface area contributed by atoms with Crippen molar-refractivity contribution < 1.29 is 19.2 Å². The summed E-state index contributed by atoms with van der Waals surface area (Å²) in [7, 11) is 1.19. The van der Waals surface area contributed by atoms with Crippen LogP contribution in [0.3, 0.4) is 0 Å². The van der Waals surface area contributed by atoms with Gasteiger partial charge in [-0.2, -0.15) is 0 Å². The maximum absolute atomic E-state index is 11.6. The summed E-state index contributed by atoms with van der Waals surface area (Å²) < 4.78 is 4.59. The molecule has 0 saturated heterocycles. The Morgan fingerprint density at radius 2 is 2.24 bits per heavy atom. The number of hydrogen-bond acceptors (Lipinski definition) is 6. The molecular formula is C14H11N2O5. The molecule has 0 aliphatic carbocycles. The largest absolute Gasteiger partial charge is 0.464 e. The Hall–Kier alpha value is -2.96. The van der Waals surface area contributed by atoms with Crippen molar-refractivity contribution in [1.29, 1.82) is 0 Å². The van der Waals surface area contributed by atoms with Gasteiger partial charge in [0.1, 0.15) is 5.70 Å². The molecule has 107 valence electrons. The van der Waals surface area contributed by atoms with Crippen molar-refractivity contribution in [3.63, 3.8) is 0 Å². The molecule has 1 aliphatic rings. The fraction of sp³-hybridized carbons (Fsp3) is 0.143. The number of nitro benzene ring substituents is 1. The van der Waals surface area contributed by atoms with Gasteiger partial charge in [-0.25, -0.2) is 4.79 Å². The number of carbonyl (C=O) groups excluding carboxylic acids is 2. The van der Waals surface area contributed by atoms with Crippen molar-refractivity contribution in [2.24, 2.45) is 0 Å². The maximum Gasteiger partial charge on any atom is 0.354 e. The highest BCUT2D eigenvalue weighted by molar-refractivity contribution is 5.96. The van der Waals surface area contributed by atoms with Gasteiger partial charge in [0.05, 0.1) is 12.0 Å². The summed E-state index contributed by atoms with van der Waals surface area (Å²) in [6.45, 7) is 0. The van der Waals surface area contributed by atoms with Gasteiger partial charge in [-0.3, -0.25) is 14.9 Å². The van der Waals surface area contributed by atoms with Crippen LogP contribution in [0.25, 0.3) is 0 Å². The van der Waals surface area contributed by atoms with Crippen molar-refractivity contribution >= 4 is 17.9 Å². The van der Waals surface area contributed by atoms with Gasteiger partial charge in [0.25, 0.3) is 5.69 Å². The van der Waals surface area contributed by atoms with Gasteiger partial charge in [-0.1, -0.05) is 18.2 Å². The lowest BCUT2D eigenvalue weighted by Gasteiger charge is -2.20. The van der Waals surface area contributed by atoms with E-state index in [9.17, 15) is 19.7 Å². The number of non-ortho nitro benzene ring substituents is 1. The normalized spacial score (nSPS) is 17.1. The average molecular weight is 287 g/mol. The summed E-state index contributed by atoms with van der Waals surface area (Å²) in [4.78, 5) is 33.1. The number of nitrogens with zero attached hydrogens (tertiary/aromatic N) is 1. The first-order valence-corrected chi connectivity index (χ1v) is 5.96. The van der Waals surface area contributed by atoms with Crippen molar-refractivity contribution in [2.75, 3.05) is 7.11 Å². The number of nitro groups is 1. The highest BCUT2D eigenvalue weighted by Crippen LogP contribution is 2.31. The van der Waals surface area contributed by atoms with E-state index in [4.69, 9.17) is 0 Å². The molecule has 1 atom stereocenters.